The molecule has 1 rings (SSSR count). The molecule has 7 heteroatoms. The van der Waals surface area contributed by atoms with E-state index in [0.29, 0.717) is 50.9 Å². The van der Waals surface area contributed by atoms with E-state index in [0.717, 1.165) is 6.42 Å². The van der Waals surface area contributed by atoms with Gasteiger partial charge in [0.15, 0.2) is 0 Å². The minimum absolute atomic E-state index is 0.434. The Hall–Kier alpha value is -1.12. The van der Waals surface area contributed by atoms with Gasteiger partial charge >= 0.3 is 7.12 Å². The fourth-order valence-electron chi connectivity index (χ4n) is 1.58. The van der Waals surface area contributed by atoms with Gasteiger partial charge in [-0.2, -0.15) is 0 Å². The van der Waals surface area contributed by atoms with Gasteiger partial charge in [0.2, 0.25) is 0 Å². The van der Waals surface area contributed by atoms with Crippen LogP contribution in [0.3, 0.4) is 0 Å². The first-order valence-electron chi connectivity index (χ1n) is 6.97. The van der Waals surface area contributed by atoms with E-state index >= 15 is 0 Å². The summed E-state index contributed by atoms with van der Waals surface area (Å²) in [5, 5.41) is 17.9. The monoisotopic (exact) mass is 298 g/mol. The molecule has 1 aromatic rings. The molecule has 0 aliphatic heterocycles. The molecule has 6 nitrogen and oxygen atoms in total. The first-order valence-corrected chi connectivity index (χ1v) is 6.97. The van der Waals surface area contributed by atoms with Gasteiger partial charge in [0.25, 0.3) is 0 Å². The second-order valence-corrected chi connectivity index (χ2v) is 4.36. The van der Waals surface area contributed by atoms with Crippen molar-refractivity contribution in [2.24, 2.45) is 0 Å². The molecule has 0 bridgehead atoms. The molecule has 21 heavy (non-hydrogen) atoms. The first kappa shape index (κ1) is 17.9. The molecule has 0 aromatic heterocycles. The minimum atomic E-state index is -1.45. The Balaban J connectivity index is 1.96. The van der Waals surface area contributed by atoms with Gasteiger partial charge in [-0.15, -0.1) is 0 Å². The maximum atomic E-state index is 8.96. The Morgan fingerprint density at radius 3 is 2.10 bits per heavy atom. The van der Waals surface area contributed by atoms with Gasteiger partial charge in [-0.05, 0) is 24.0 Å². The summed E-state index contributed by atoms with van der Waals surface area (Å²) < 4.78 is 21.1. The van der Waals surface area contributed by atoms with Gasteiger partial charge in [-0.3, -0.25) is 0 Å². The summed E-state index contributed by atoms with van der Waals surface area (Å²) in [7, 11) is 0.217. The van der Waals surface area contributed by atoms with Crippen LogP contribution in [-0.4, -0.2) is 63.9 Å². The van der Waals surface area contributed by atoms with Crippen molar-refractivity contribution in [3.63, 3.8) is 0 Å². The zero-order valence-corrected chi connectivity index (χ0v) is 12.4. The molecule has 0 amide bonds. The van der Waals surface area contributed by atoms with E-state index < -0.39 is 7.12 Å². The molecule has 0 heterocycles. The third kappa shape index (κ3) is 8.69. The molecule has 0 saturated carbocycles. The molecular weight excluding hydrogens is 275 g/mol. The average molecular weight is 298 g/mol. The van der Waals surface area contributed by atoms with E-state index in [1.54, 1.807) is 31.4 Å². The fraction of sp³-hybridized carbons (Fsp3) is 0.571. The third-order valence-electron chi connectivity index (χ3n) is 2.68. The lowest BCUT2D eigenvalue weighted by Gasteiger charge is -2.08. The minimum Gasteiger partial charge on any atom is -0.491 e. The summed E-state index contributed by atoms with van der Waals surface area (Å²) in [5.74, 6) is 0.666. The highest BCUT2D eigenvalue weighted by atomic mass is 16.5. The Kier molecular flexibility index (Phi) is 9.85. The predicted octanol–water partition coefficient (Wildman–Crippen LogP) is -0.185. The summed E-state index contributed by atoms with van der Waals surface area (Å²) in [6.07, 6.45) is 0.887. The number of hydrogen-bond donors (Lipinski definition) is 2. The highest BCUT2D eigenvalue weighted by molar-refractivity contribution is 6.58. The molecule has 0 fully saturated rings. The van der Waals surface area contributed by atoms with Crippen molar-refractivity contribution in [1.29, 1.82) is 0 Å². The van der Waals surface area contributed by atoms with Crippen LogP contribution in [0.4, 0.5) is 0 Å². The Morgan fingerprint density at radius 1 is 0.857 bits per heavy atom. The third-order valence-corrected chi connectivity index (χ3v) is 2.68. The van der Waals surface area contributed by atoms with E-state index in [1.807, 2.05) is 0 Å². The van der Waals surface area contributed by atoms with E-state index in [1.165, 1.54) is 0 Å². The molecular formula is C14H23BO6. The molecule has 0 atom stereocenters. The maximum absolute atomic E-state index is 8.96. The van der Waals surface area contributed by atoms with Gasteiger partial charge < -0.3 is 29.0 Å². The summed E-state index contributed by atoms with van der Waals surface area (Å²) in [6.45, 7) is 3.40. The molecule has 1 aromatic carbocycles. The van der Waals surface area contributed by atoms with Gasteiger partial charge in [0, 0.05) is 20.3 Å². The molecule has 0 aliphatic carbocycles. The lowest BCUT2D eigenvalue weighted by Crippen LogP contribution is -2.29. The van der Waals surface area contributed by atoms with Crippen molar-refractivity contribution in [2.45, 2.75) is 6.42 Å². The van der Waals surface area contributed by atoms with Crippen LogP contribution in [0.2, 0.25) is 0 Å². The summed E-state index contributed by atoms with van der Waals surface area (Å²) in [4.78, 5) is 0. The fourth-order valence-corrected chi connectivity index (χ4v) is 1.58. The van der Waals surface area contributed by atoms with Crippen LogP contribution in [0.5, 0.6) is 5.75 Å². The Bertz CT molecular complexity index is 357. The largest absolute Gasteiger partial charge is 0.491 e. The normalized spacial score (nSPS) is 10.6. The first-order chi connectivity index (χ1) is 10.2. The van der Waals surface area contributed by atoms with Crippen molar-refractivity contribution in [1.82, 2.24) is 0 Å². The van der Waals surface area contributed by atoms with Crippen LogP contribution in [0.25, 0.3) is 0 Å². The van der Waals surface area contributed by atoms with Crippen molar-refractivity contribution in [2.75, 3.05) is 46.8 Å². The molecule has 2 N–H and O–H groups in total. The van der Waals surface area contributed by atoms with Crippen molar-refractivity contribution in [3.05, 3.63) is 24.3 Å². The highest BCUT2D eigenvalue weighted by Crippen LogP contribution is 2.07. The van der Waals surface area contributed by atoms with Crippen LogP contribution in [0, 0.1) is 0 Å². The second-order valence-electron chi connectivity index (χ2n) is 4.36. The number of rotatable bonds is 12. The topological polar surface area (TPSA) is 77.4 Å². The van der Waals surface area contributed by atoms with Crippen LogP contribution in [-0.2, 0) is 14.2 Å². The zero-order chi connectivity index (χ0) is 15.3. The van der Waals surface area contributed by atoms with Gasteiger partial charge in [0.1, 0.15) is 12.4 Å². The van der Waals surface area contributed by atoms with Crippen molar-refractivity contribution in [3.8, 4) is 5.75 Å². The number of hydrogen-bond acceptors (Lipinski definition) is 6. The van der Waals surface area contributed by atoms with Gasteiger partial charge in [-0.1, -0.05) is 12.1 Å². The Labute approximate surface area is 125 Å². The molecule has 0 aliphatic rings. The quantitative estimate of drug-likeness (QED) is 0.411. The lowest BCUT2D eigenvalue weighted by atomic mass is 9.80. The summed E-state index contributed by atoms with van der Waals surface area (Å²) >= 11 is 0. The molecule has 0 radical (unpaired) electrons. The standard InChI is InChI=1S/C14H23BO6/c1-18-7-2-8-19-9-10-20-11-12-21-14-5-3-13(4-6-14)15(16)17/h3-6,16-17H,2,7-12H2,1H3. The SMILES string of the molecule is COCCCOCCOCCOc1ccc(B(O)O)cc1. The number of benzene rings is 1. The van der Waals surface area contributed by atoms with Crippen LogP contribution in [0.15, 0.2) is 24.3 Å². The second kappa shape index (κ2) is 11.5. The van der Waals surface area contributed by atoms with E-state index in [-0.39, 0.29) is 0 Å². The van der Waals surface area contributed by atoms with Crippen LogP contribution >= 0.6 is 0 Å². The maximum Gasteiger partial charge on any atom is 0.488 e. The van der Waals surface area contributed by atoms with E-state index in [4.69, 9.17) is 29.0 Å². The van der Waals surface area contributed by atoms with Crippen molar-refractivity contribution >= 4 is 12.6 Å². The number of methoxy groups -OCH3 is 1. The summed E-state index contributed by atoms with van der Waals surface area (Å²) in [5.41, 5.74) is 0.434. The molecule has 0 spiro atoms. The van der Waals surface area contributed by atoms with Crippen LogP contribution in [0.1, 0.15) is 6.42 Å². The number of ether oxygens (including phenoxy) is 4. The highest BCUT2D eigenvalue weighted by Gasteiger charge is 2.09. The van der Waals surface area contributed by atoms with E-state index in [2.05, 4.69) is 0 Å². The van der Waals surface area contributed by atoms with Crippen molar-refractivity contribution < 1.29 is 29.0 Å². The zero-order valence-electron chi connectivity index (χ0n) is 12.4. The van der Waals surface area contributed by atoms with Crippen LogP contribution < -0.4 is 10.2 Å². The van der Waals surface area contributed by atoms with Gasteiger partial charge in [-0.25, -0.2) is 0 Å². The van der Waals surface area contributed by atoms with Gasteiger partial charge in [0.05, 0.1) is 19.8 Å². The molecule has 118 valence electrons. The summed E-state index contributed by atoms with van der Waals surface area (Å²) in [6, 6.07) is 6.59. The average Bonchev–Trinajstić information content (AvgIpc) is 2.49. The molecule has 0 saturated heterocycles. The van der Waals surface area contributed by atoms with E-state index in [9.17, 15) is 0 Å². The predicted molar refractivity (Wildman–Crippen MR) is 79.9 cm³/mol. The Morgan fingerprint density at radius 2 is 1.48 bits per heavy atom. The smallest absolute Gasteiger partial charge is 0.488 e. The molecule has 0 unspecified atom stereocenters. The lowest BCUT2D eigenvalue weighted by molar-refractivity contribution is 0.0304.